The van der Waals surface area contributed by atoms with E-state index in [9.17, 15) is 0 Å². The average molecular weight is 117 g/mol. The zero-order chi connectivity index (χ0) is 5.70. The van der Waals surface area contributed by atoms with E-state index in [0.717, 1.165) is 0 Å². The maximum Gasteiger partial charge on any atom is 0.222 e. The molecule has 0 heterocycles. The molecule has 2 N–H and O–H groups in total. The second-order valence-corrected chi connectivity index (χ2v) is 4.00. The van der Waals surface area contributed by atoms with Gasteiger partial charge in [-0.3, -0.25) is 0 Å². The Bertz CT molecular complexity index is 31.2. The minimum absolute atomic E-state index is 0.363. The van der Waals surface area contributed by atoms with Crippen LogP contribution in [0.4, 0.5) is 0 Å². The van der Waals surface area contributed by atoms with Crippen molar-refractivity contribution >= 4 is 9.12 Å². The highest BCUT2D eigenvalue weighted by Crippen LogP contribution is 1.75. The van der Waals surface area contributed by atoms with Crippen LogP contribution in [0.2, 0.25) is 6.04 Å². The molecule has 0 aliphatic carbocycles. The normalized spacial score (nSPS) is 10.3. The minimum atomic E-state index is -0.363. The molecule has 1 radical (unpaired) electrons. The monoisotopic (exact) mass is 117 g/mol. The molecule has 43 valence electrons. The van der Waals surface area contributed by atoms with Gasteiger partial charge in [0, 0.05) is 0 Å². The summed E-state index contributed by atoms with van der Waals surface area (Å²) in [5.41, 5.74) is 0. The molecular weight excluding hydrogens is 104 g/mol. The summed E-state index contributed by atoms with van der Waals surface area (Å²) in [4.78, 5) is 6.38. The topological polar surface area (TPSA) is 24.1 Å². The SMILES string of the molecule is CC[Si](NC)NC. The van der Waals surface area contributed by atoms with Crippen LogP contribution >= 0.6 is 0 Å². The molecule has 0 aromatic carbocycles. The van der Waals surface area contributed by atoms with E-state index in [2.05, 4.69) is 16.9 Å². The van der Waals surface area contributed by atoms with E-state index in [1.165, 1.54) is 6.04 Å². The summed E-state index contributed by atoms with van der Waals surface area (Å²) in [7, 11) is 3.63. The Kier molecular flexibility index (Phi) is 4.38. The second kappa shape index (κ2) is 4.30. The van der Waals surface area contributed by atoms with Crippen molar-refractivity contribution in [3.8, 4) is 0 Å². The van der Waals surface area contributed by atoms with Crippen LogP contribution < -0.4 is 9.96 Å². The summed E-state index contributed by atoms with van der Waals surface area (Å²) in [6.45, 7) is 2.18. The molecule has 0 aromatic heterocycles. The standard InChI is InChI=1S/C4H13N2Si/c1-4-7(5-2)6-3/h5-6H,4H2,1-3H3. The molecule has 0 saturated heterocycles. The molecule has 2 nitrogen and oxygen atoms in total. The first-order valence-electron chi connectivity index (χ1n) is 2.56. The van der Waals surface area contributed by atoms with Crippen LogP contribution in [0.15, 0.2) is 0 Å². The van der Waals surface area contributed by atoms with Gasteiger partial charge in [-0.15, -0.1) is 0 Å². The molecule has 7 heavy (non-hydrogen) atoms. The van der Waals surface area contributed by atoms with Crippen LogP contribution in [-0.4, -0.2) is 23.2 Å². The highest BCUT2D eigenvalue weighted by atomic mass is 28.3. The molecule has 0 spiro atoms. The molecule has 0 bridgehead atoms. The van der Waals surface area contributed by atoms with Gasteiger partial charge >= 0.3 is 0 Å². The lowest BCUT2D eigenvalue weighted by Gasteiger charge is -2.05. The van der Waals surface area contributed by atoms with Gasteiger partial charge in [0.15, 0.2) is 0 Å². The summed E-state index contributed by atoms with van der Waals surface area (Å²) >= 11 is 0. The zero-order valence-electron chi connectivity index (χ0n) is 5.21. The van der Waals surface area contributed by atoms with Gasteiger partial charge in [0.2, 0.25) is 9.12 Å². The Balaban J connectivity index is 2.99. The van der Waals surface area contributed by atoms with Crippen molar-refractivity contribution in [1.29, 1.82) is 0 Å². The number of rotatable bonds is 3. The number of hydrogen-bond acceptors (Lipinski definition) is 2. The van der Waals surface area contributed by atoms with Crippen molar-refractivity contribution in [2.75, 3.05) is 14.1 Å². The van der Waals surface area contributed by atoms with Crippen molar-refractivity contribution in [2.45, 2.75) is 13.0 Å². The van der Waals surface area contributed by atoms with E-state index in [4.69, 9.17) is 0 Å². The fraction of sp³-hybridized carbons (Fsp3) is 1.00. The van der Waals surface area contributed by atoms with E-state index in [0.29, 0.717) is 0 Å². The summed E-state index contributed by atoms with van der Waals surface area (Å²) in [5.74, 6) is 0. The lowest BCUT2D eigenvalue weighted by Crippen LogP contribution is -2.42. The molecule has 0 saturated carbocycles. The van der Waals surface area contributed by atoms with Crippen molar-refractivity contribution in [3.05, 3.63) is 0 Å². The predicted molar refractivity (Wildman–Crippen MR) is 34.4 cm³/mol. The molecule has 0 aliphatic heterocycles. The summed E-state index contributed by atoms with van der Waals surface area (Å²) < 4.78 is 0. The van der Waals surface area contributed by atoms with Crippen molar-refractivity contribution < 1.29 is 0 Å². The summed E-state index contributed by atoms with van der Waals surface area (Å²) in [6.07, 6.45) is 0. The van der Waals surface area contributed by atoms with Gasteiger partial charge in [-0.05, 0) is 20.1 Å². The van der Waals surface area contributed by atoms with Crippen LogP contribution in [0.1, 0.15) is 6.92 Å². The van der Waals surface area contributed by atoms with Crippen molar-refractivity contribution in [2.24, 2.45) is 0 Å². The molecule has 0 fully saturated rings. The number of nitrogens with one attached hydrogen (secondary N) is 2. The highest BCUT2D eigenvalue weighted by molar-refractivity contribution is 6.52. The van der Waals surface area contributed by atoms with E-state index >= 15 is 0 Å². The Morgan fingerprint density at radius 1 is 1.29 bits per heavy atom. The van der Waals surface area contributed by atoms with Gasteiger partial charge in [0.05, 0.1) is 0 Å². The lowest BCUT2D eigenvalue weighted by atomic mass is 11.0. The van der Waals surface area contributed by atoms with Gasteiger partial charge in [-0.25, -0.2) is 0 Å². The van der Waals surface area contributed by atoms with Crippen molar-refractivity contribution in [1.82, 2.24) is 9.96 Å². The van der Waals surface area contributed by atoms with Gasteiger partial charge in [-0.1, -0.05) is 6.92 Å². The molecule has 0 aliphatic rings. The Morgan fingerprint density at radius 2 is 1.71 bits per heavy atom. The van der Waals surface area contributed by atoms with Crippen LogP contribution in [0.25, 0.3) is 0 Å². The first-order valence-corrected chi connectivity index (χ1v) is 4.27. The van der Waals surface area contributed by atoms with E-state index in [1.807, 2.05) is 14.1 Å². The third-order valence-electron chi connectivity index (χ3n) is 0.957. The summed E-state index contributed by atoms with van der Waals surface area (Å²) in [5, 5.41) is 0. The maximum atomic E-state index is 3.19. The molecule has 0 rings (SSSR count). The molecule has 0 unspecified atom stereocenters. The second-order valence-electron chi connectivity index (χ2n) is 1.33. The van der Waals surface area contributed by atoms with Gasteiger partial charge < -0.3 is 9.96 Å². The largest absolute Gasteiger partial charge is 0.328 e. The van der Waals surface area contributed by atoms with Crippen LogP contribution in [0.5, 0.6) is 0 Å². The van der Waals surface area contributed by atoms with Crippen LogP contribution in [-0.2, 0) is 0 Å². The first-order chi connectivity index (χ1) is 3.35. The van der Waals surface area contributed by atoms with Crippen molar-refractivity contribution in [3.63, 3.8) is 0 Å². The number of hydrogen-bond donors (Lipinski definition) is 2. The molecule has 0 atom stereocenters. The fourth-order valence-corrected chi connectivity index (χ4v) is 1.44. The average Bonchev–Trinajstić information content (AvgIpc) is 1.72. The Hall–Kier alpha value is 0.137. The lowest BCUT2D eigenvalue weighted by molar-refractivity contribution is 1.04. The highest BCUT2D eigenvalue weighted by Gasteiger charge is 1.98. The zero-order valence-corrected chi connectivity index (χ0v) is 6.21. The van der Waals surface area contributed by atoms with E-state index in [1.54, 1.807) is 0 Å². The van der Waals surface area contributed by atoms with E-state index < -0.39 is 0 Å². The fourth-order valence-electron chi connectivity index (χ4n) is 0.479. The van der Waals surface area contributed by atoms with Crippen LogP contribution in [0, 0.1) is 0 Å². The third-order valence-corrected chi connectivity index (χ3v) is 2.87. The van der Waals surface area contributed by atoms with Gasteiger partial charge in [0.1, 0.15) is 0 Å². The van der Waals surface area contributed by atoms with Gasteiger partial charge in [-0.2, -0.15) is 0 Å². The molecule has 3 heteroatoms. The minimum Gasteiger partial charge on any atom is -0.328 e. The van der Waals surface area contributed by atoms with E-state index in [-0.39, 0.29) is 9.12 Å². The maximum absolute atomic E-state index is 3.19. The Morgan fingerprint density at radius 3 is 1.71 bits per heavy atom. The van der Waals surface area contributed by atoms with Gasteiger partial charge in [0.25, 0.3) is 0 Å². The van der Waals surface area contributed by atoms with Crippen LogP contribution in [0.3, 0.4) is 0 Å². The quantitative estimate of drug-likeness (QED) is 0.506. The third kappa shape index (κ3) is 2.79. The Labute approximate surface area is 47.1 Å². The first kappa shape index (κ1) is 7.14. The predicted octanol–water partition coefficient (Wildman–Crippen LogP) is -0.0667. The molecule has 0 aromatic rings. The molecular formula is C4H13N2Si. The molecule has 0 amide bonds. The smallest absolute Gasteiger partial charge is 0.222 e. The summed E-state index contributed by atoms with van der Waals surface area (Å²) in [6, 6.07) is 1.23.